The minimum Gasteiger partial charge on any atom is -0.396 e. The van der Waals surface area contributed by atoms with Crippen molar-refractivity contribution in [1.82, 2.24) is 14.8 Å². The molecule has 7 heteroatoms. The van der Waals surface area contributed by atoms with Crippen LogP contribution in [0.4, 0.5) is 5.69 Å². The third kappa shape index (κ3) is 1.91. The first-order valence-corrected chi connectivity index (χ1v) is 5.58. The maximum Gasteiger partial charge on any atom is 0.267 e. The van der Waals surface area contributed by atoms with Gasteiger partial charge in [0.1, 0.15) is 5.69 Å². The molecule has 2 aromatic rings. The Morgan fingerprint density at radius 2 is 2.06 bits per heavy atom. The fraction of sp³-hybridized carbons (Fsp3) is 0.182. The largest absolute Gasteiger partial charge is 0.396 e. The molecule has 6 nitrogen and oxygen atoms in total. The summed E-state index contributed by atoms with van der Waals surface area (Å²) in [4.78, 5) is 15.2. The summed E-state index contributed by atoms with van der Waals surface area (Å²) in [5.41, 5.74) is 12.9. The number of carbonyl (C=O) groups excluding carboxylic acids is 1. The van der Waals surface area contributed by atoms with Crippen LogP contribution in [0.2, 0.25) is 5.02 Å². The molecule has 0 spiro atoms. The third-order valence-corrected chi connectivity index (χ3v) is 3.11. The molecule has 0 unspecified atom stereocenters. The van der Waals surface area contributed by atoms with E-state index in [1.54, 1.807) is 19.9 Å². The molecule has 1 amide bonds. The second-order valence-corrected chi connectivity index (χ2v) is 4.25. The molecule has 18 heavy (non-hydrogen) atoms. The van der Waals surface area contributed by atoms with Gasteiger partial charge in [-0.15, -0.1) is 0 Å². The first-order chi connectivity index (χ1) is 8.41. The molecule has 0 aliphatic heterocycles. The highest BCUT2D eigenvalue weighted by Crippen LogP contribution is 2.24. The van der Waals surface area contributed by atoms with Crippen LogP contribution in [0, 0.1) is 13.8 Å². The van der Waals surface area contributed by atoms with Gasteiger partial charge in [-0.25, -0.2) is 9.67 Å². The Balaban J connectivity index is 2.66. The number of nitrogens with two attached hydrogens (primary N) is 2. The average molecular weight is 266 g/mol. The van der Waals surface area contributed by atoms with Crippen LogP contribution in [0.5, 0.6) is 0 Å². The molecule has 2 aromatic heterocycles. The zero-order valence-electron chi connectivity index (χ0n) is 9.94. The lowest BCUT2D eigenvalue weighted by atomic mass is 10.3. The maximum atomic E-state index is 11.1. The van der Waals surface area contributed by atoms with E-state index < -0.39 is 5.91 Å². The van der Waals surface area contributed by atoms with Gasteiger partial charge in [0, 0.05) is 0 Å². The molecule has 0 aliphatic carbocycles. The van der Waals surface area contributed by atoms with E-state index in [2.05, 4.69) is 10.1 Å². The van der Waals surface area contributed by atoms with Gasteiger partial charge in [-0.05, 0) is 26.0 Å². The number of nitrogens with zero attached hydrogens (tertiary/aromatic N) is 3. The van der Waals surface area contributed by atoms with Crippen molar-refractivity contribution in [2.24, 2.45) is 5.73 Å². The number of hydrogen-bond donors (Lipinski definition) is 2. The average Bonchev–Trinajstić information content (AvgIpc) is 2.57. The lowest BCUT2D eigenvalue weighted by Crippen LogP contribution is -2.16. The Morgan fingerprint density at radius 1 is 1.39 bits per heavy atom. The summed E-state index contributed by atoms with van der Waals surface area (Å²) in [5.74, 6) is -0.275. The third-order valence-electron chi connectivity index (χ3n) is 2.56. The van der Waals surface area contributed by atoms with Crippen LogP contribution >= 0.6 is 11.6 Å². The van der Waals surface area contributed by atoms with E-state index in [1.807, 2.05) is 0 Å². The zero-order chi connectivity index (χ0) is 13.4. The van der Waals surface area contributed by atoms with Crippen LogP contribution in [0.3, 0.4) is 0 Å². The van der Waals surface area contributed by atoms with Gasteiger partial charge in [0.05, 0.1) is 22.1 Å². The summed E-state index contributed by atoms with van der Waals surface area (Å²) < 4.78 is 1.50. The molecule has 0 atom stereocenters. The maximum absolute atomic E-state index is 11.1. The van der Waals surface area contributed by atoms with Gasteiger partial charge < -0.3 is 11.5 Å². The predicted octanol–water partition coefficient (Wildman–Crippen LogP) is 1.22. The standard InChI is InChI=1S/C11H12ClN5O/c1-5-9(12)6(2)17(16-5)11-7(13)3-4-8(15-11)10(14)18/h3-4H,13H2,1-2H3,(H2,14,18). The van der Waals surface area contributed by atoms with Crippen LogP contribution in [-0.2, 0) is 0 Å². The minimum absolute atomic E-state index is 0.128. The van der Waals surface area contributed by atoms with Crippen molar-refractivity contribution in [3.8, 4) is 5.82 Å². The van der Waals surface area contributed by atoms with Crippen LogP contribution in [-0.4, -0.2) is 20.7 Å². The molecule has 0 aliphatic rings. The molecule has 4 N–H and O–H groups in total. The number of halogens is 1. The van der Waals surface area contributed by atoms with E-state index in [0.717, 1.165) is 0 Å². The summed E-state index contributed by atoms with van der Waals surface area (Å²) >= 11 is 6.06. The Hall–Kier alpha value is -2.08. The number of aromatic nitrogens is 3. The number of primary amides is 1. The predicted molar refractivity (Wildman–Crippen MR) is 68.8 cm³/mol. The number of carbonyl (C=O) groups is 1. The number of nitrogen functional groups attached to an aromatic ring is 1. The van der Waals surface area contributed by atoms with Gasteiger partial charge in [0.25, 0.3) is 5.91 Å². The number of amides is 1. The Kier molecular flexibility index (Phi) is 2.96. The molecule has 0 bridgehead atoms. The van der Waals surface area contributed by atoms with E-state index in [0.29, 0.717) is 27.9 Å². The monoisotopic (exact) mass is 265 g/mol. The molecule has 0 fully saturated rings. The van der Waals surface area contributed by atoms with Crippen LogP contribution in [0.25, 0.3) is 5.82 Å². The lowest BCUT2D eigenvalue weighted by molar-refractivity contribution is 0.0995. The van der Waals surface area contributed by atoms with Gasteiger partial charge in [0.2, 0.25) is 0 Å². The zero-order valence-corrected chi connectivity index (χ0v) is 10.7. The quantitative estimate of drug-likeness (QED) is 0.852. The number of anilines is 1. The van der Waals surface area contributed by atoms with Gasteiger partial charge in [-0.2, -0.15) is 5.10 Å². The Morgan fingerprint density at radius 3 is 2.56 bits per heavy atom. The van der Waals surface area contributed by atoms with Crippen LogP contribution < -0.4 is 11.5 Å². The lowest BCUT2D eigenvalue weighted by Gasteiger charge is -2.07. The molecule has 0 aromatic carbocycles. The molecule has 94 valence electrons. The van der Waals surface area contributed by atoms with Crippen LogP contribution in [0.15, 0.2) is 12.1 Å². The normalized spacial score (nSPS) is 10.6. The highest BCUT2D eigenvalue weighted by Gasteiger charge is 2.15. The van der Waals surface area contributed by atoms with E-state index in [4.69, 9.17) is 23.1 Å². The smallest absolute Gasteiger partial charge is 0.267 e. The van der Waals surface area contributed by atoms with Crippen molar-refractivity contribution in [3.05, 3.63) is 34.2 Å². The van der Waals surface area contributed by atoms with Crippen molar-refractivity contribution in [2.45, 2.75) is 13.8 Å². The highest BCUT2D eigenvalue weighted by molar-refractivity contribution is 6.31. The van der Waals surface area contributed by atoms with Gasteiger partial charge >= 0.3 is 0 Å². The van der Waals surface area contributed by atoms with Crippen molar-refractivity contribution in [3.63, 3.8) is 0 Å². The van der Waals surface area contributed by atoms with Crippen LogP contribution in [0.1, 0.15) is 21.9 Å². The summed E-state index contributed by atoms with van der Waals surface area (Å²) in [6, 6.07) is 3.03. The van der Waals surface area contributed by atoms with Crippen molar-refractivity contribution in [2.75, 3.05) is 5.73 Å². The molecular weight excluding hydrogens is 254 g/mol. The molecule has 2 heterocycles. The Bertz CT molecular complexity index is 635. The fourth-order valence-corrected chi connectivity index (χ4v) is 1.71. The van der Waals surface area contributed by atoms with E-state index >= 15 is 0 Å². The number of aryl methyl sites for hydroxylation is 1. The van der Waals surface area contributed by atoms with Crippen molar-refractivity contribution in [1.29, 1.82) is 0 Å². The second-order valence-electron chi connectivity index (χ2n) is 3.87. The summed E-state index contributed by atoms with van der Waals surface area (Å²) in [6.45, 7) is 3.57. The first-order valence-electron chi connectivity index (χ1n) is 5.20. The van der Waals surface area contributed by atoms with E-state index in [9.17, 15) is 4.79 Å². The Labute approximate surface area is 109 Å². The molecular formula is C11H12ClN5O. The number of hydrogen-bond acceptors (Lipinski definition) is 4. The number of rotatable bonds is 2. The first kappa shape index (κ1) is 12.4. The highest BCUT2D eigenvalue weighted by atomic mass is 35.5. The topological polar surface area (TPSA) is 99.8 Å². The summed E-state index contributed by atoms with van der Waals surface area (Å²) in [6.07, 6.45) is 0. The van der Waals surface area contributed by atoms with Gasteiger partial charge in [-0.1, -0.05) is 11.6 Å². The summed E-state index contributed by atoms with van der Waals surface area (Å²) in [5, 5.41) is 4.77. The number of pyridine rings is 1. The SMILES string of the molecule is Cc1nn(-c2nc(C(N)=O)ccc2N)c(C)c1Cl. The van der Waals surface area contributed by atoms with E-state index in [-0.39, 0.29) is 5.69 Å². The molecule has 0 radical (unpaired) electrons. The molecule has 2 rings (SSSR count). The summed E-state index contributed by atoms with van der Waals surface area (Å²) in [7, 11) is 0. The second kappa shape index (κ2) is 4.30. The molecule has 0 saturated carbocycles. The van der Waals surface area contributed by atoms with Crippen molar-refractivity contribution >= 4 is 23.2 Å². The van der Waals surface area contributed by atoms with Crippen molar-refractivity contribution < 1.29 is 4.79 Å². The van der Waals surface area contributed by atoms with Gasteiger partial charge in [-0.3, -0.25) is 4.79 Å². The van der Waals surface area contributed by atoms with Gasteiger partial charge in [0.15, 0.2) is 5.82 Å². The molecule has 0 saturated heterocycles. The minimum atomic E-state index is -0.621. The van der Waals surface area contributed by atoms with E-state index in [1.165, 1.54) is 10.7 Å². The fourth-order valence-electron chi connectivity index (χ4n) is 1.60.